The number of methoxy groups -OCH3 is 1. The van der Waals surface area contributed by atoms with E-state index in [-0.39, 0.29) is 0 Å². The van der Waals surface area contributed by atoms with Crippen molar-refractivity contribution in [2.75, 3.05) is 26.1 Å². The normalized spacial score (nSPS) is 10.1. The molecule has 0 saturated heterocycles. The zero-order valence-corrected chi connectivity index (χ0v) is 12.2. The molecule has 112 valence electrons. The standard InChI is InChI=1S/C17H21NO3/c1-19-17-13-14(18)9-10-16(17)21-12-6-5-11-20-15-7-3-2-4-8-15/h2-4,7-10,13H,5-6,11-12,18H2,1H3. The van der Waals surface area contributed by atoms with E-state index in [4.69, 9.17) is 19.9 Å². The first kappa shape index (κ1) is 15.0. The summed E-state index contributed by atoms with van der Waals surface area (Å²) in [7, 11) is 1.61. The van der Waals surface area contributed by atoms with Gasteiger partial charge in [-0.15, -0.1) is 0 Å². The van der Waals surface area contributed by atoms with E-state index in [2.05, 4.69) is 0 Å². The largest absolute Gasteiger partial charge is 0.494 e. The average molecular weight is 287 g/mol. The van der Waals surface area contributed by atoms with Crippen LogP contribution in [-0.2, 0) is 0 Å². The second-order valence-electron chi connectivity index (χ2n) is 4.63. The van der Waals surface area contributed by atoms with E-state index >= 15 is 0 Å². The van der Waals surface area contributed by atoms with Gasteiger partial charge in [0.05, 0.1) is 20.3 Å². The Morgan fingerprint density at radius 3 is 2.29 bits per heavy atom. The summed E-state index contributed by atoms with van der Waals surface area (Å²) in [4.78, 5) is 0. The molecule has 0 heterocycles. The molecule has 2 aromatic rings. The van der Waals surface area contributed by atoms with Crippen LogP contribution < -0.4 is 19.9 Å². The van der Waals surface area contributed by atoms with Crippen LogP contribution in [0.4, 0.5) is 5.69 Å². The summed E-state index contributed by atoms with van der Waals surface area (Å²) in [5, 5.41) is 0. The molecular formula is C17H21NO3. The lowest BCUT2D eigenvalue weighted by molar-refractivity contribution is 0.258. The number of hydrogen-bond acceptors (Lipinski definition) is 4. The Morgan fingerprint density at radius 1 is 0.857 bits per heavy atom. The average Bonchev–Trinajstić information content (AvgIpc) is 2.52. The van der Waals surface area contributed by atoms with Crippen LogP contribution in [-0.4, -0.2) is 20.3 Å². The van der Waals surface area contributed by atoms with Crippen LogP contribution in [0.15, 0.2) is 48.5 Å². The van der Waals surface area contributed by atoms with E-state index in [9.17, 15) is 0 Å². The molecule has 0 amide bonds. The van der Waals surface area contributed by atoms with Crippen molar-refractivity contribution >= 4 is 5.69 Å². The lowest BCUT2D eigenvalue weighted by Gasteiger charge is -2.11. The molecule has 0 fully saturated rings. The van der Waals surface area contributed by atoms with E-state index in [1.807, 2.05) is 36.4 Å². The highest BCUT2D eigenvalue weighted by Gasteiger charge is 2.04. The van der Waals surface area contributed by atoms with Gasteiger partial charge in [-0.2, -0.15) is 0 Å². The Labute approximate surface area is 125 Å². The molecule has 0 radical (unpaired) electrons. The molecule has 0 aliphatic heterocycles. The molecule has 4 nitrogen and oxygen atoms in total. The van der Waals surface area contributed by atoms with Crippen LogP contribution in [0.3, 0.4) is 0 Å². The summed E-state index contributed by atoms with van der Waals surface area (Å²) in [6.07, 6.45) is 1.85. The highest BCUT2D eigenvalue weighted by Crippen LogP contribution is 2.29. The third-order valence-corrected chi connectivity index (χ3v) is 3.00. The molecule has 0 atom stereocenters. The summed E-state index contributed by atoms with van der Waals surface area (Å²) >= 11 is 0. The molecule has 0 aromatic heterocycles. The summed E-state index contributed by atoms with van der Waals surface area (Å²) < 4.78 is 16.6. The number of unbranched alkanes of at least 4 members (excludes halogenated alkanes) is 1. The summed E-state index contributed by atoms with van der Waals surface area (Å²) in [5.41, 5.74) is 6.36. The molecule has 0 bridgehead atoms. The van der Waals surface area contributed by atoms with Crippen molar-refractivity contribution in [3.8, 4) is 17.2 Å². The van der Waals surface area contributed by atoms with Gasteiger partial charge < -0.3 is 19.9 Å². The van der Waals surface area contributed by atoms with Crippen molar-refractivity contribution in [3.05, 3.63) is 48.5 Å². The number of rotatable bonds is 8. The van der Waals surface area contributed by atoms with Gasteiger partial charge in [0.2, 0.25) is 0 Å². The molecule has 2 aromatic carbocycles. The predicted octanol–water partition coefficient (Wildman–Crippen LogP) is 3.52. The van der Waals surface area contributed by atoms with Gasteiger partial charge in [-0.05, 0) is 37.1 Å². The molecule has 0 aliphatic carbocycles. The van der Waals surface area contributed by atoms with Gasteiger partial charge in [0.25, 0.3) is 0 Å². The van der Waals surface area contributed by atoms with Crippen LogP contribution >= 0.6 is 0 Å². The lowest BCUT2D eigenvalue weighted by Crippen LogP contribution is -2.03. The quantitative estimate of drug-likeness (QED) is 0.596. The first-order chi connectivity index (χ1) is 10.3. The number of benzene rings is 2. The Hall–Kier alpha value is -2.36. The third-order valence-electron chi connectivity index (χ3n) is 3.00. The molecule has 4 heteroatoms. The van der Waals surface area contributed by atoms with Gasteiger partial charge in [-0.25, -0.2) is 0 Å². The summed E-state index contributed by atoms with van der Waals surface area (Å²) in [6.45, 7) is 1.31. The number of ether oxygens (including phenoxy) is 3. The van der Waals surface area contributed by atoms with Gasteiger partial charge in [0.1, 0.15) is 5.75 Å². The SMILES string of the molecule is COc1cc(N)ccc1OCCCCOc1ccccc1. The second kappa shape index (κ2) is 8.04. The topological polar surface area (TPSA) is 53.7 Å². The van der Waals surface area contributed by atoms with Crippen molar-refractivity contribution in [3.63, 3.8) is 0 Å². The van der Waals surface area contributed by atoms with Gasteiger partial charge in [0.15, 0.2) is 11.5 Å². The zero-order valence-electron chi connectivity index (χ0n) is 12.2. The van der Waals surface area contributed by atoms with Crippen molar-refractivity contribution < 1.29 is 14.2 Å². The molecule has 2 rings (SSSR count). The van der Waals surface area contributed by atoms with Crippen molar-refractivity contribution in [2.24, 2.45) is 0 Å². The number of nitrogens with two attached hydrogens (primary N) is 1. The predicted molar refractivity (Wildman–Crippen MR) is 84.1 cm³/mol. The Kier molecular flexibility index (Phi) is 5.76. The van der Waals surface area contributed by atoms with Gasteiger partial charge in [-0.1, -0.05) is 18.2 Å². The highest BCUT2D eigenvalue weighted by molar-refractivity contribution is 5.51. The molecule has 0 spiro atoms. The monoisotopic (exact) mass is 287 g/mol. The van der Waals surface area contributed by atoms with Crippen LogP contribution in [0, 0.1) is 0 Å². The first-order valence-corrected chi connectivity index (χ1v) is 7.04. The fourth-order valence-electron chi connectivity index (χ4n) is 1.90. The number of nitrogen functional groups attached to an aromatic ring is 1. The van der Waals surface area contributed by atoms with E-state index in [1.165, 1.54) is 0 Å². The van der Waals surface area contributed by atoms with Crippen molar-refractivity contribution in [2.45, 2.75) is 12.8 Å². The molecule has 0 unspecified atom stereocenters. The molecule has 21 heavy (non-hydrogen) atoms. The van der Waals surface area contributed by atoms with Crippen LogP contribution in [0.25, 0.3) is 0 Å². The van der Waals surface area contributed by atoms with Crippen LogP contribution in [0.2, 0.25) is 0 Å². The van der Waals surface area contributed by atoms with Crippen LogP contribution in [0.5, 0.6) is 17.2 Å². The Morgan fingerprint density at radius 2 is 1.57 bits per heavy atom. The van der Waals surface area contributed by atoms with Gasteiger partial charge >= 0.3 is 0 Å². The number of hydrogen-bond donors (Lipinski definition) is 1. The molecule has 0 aliphatic rings. The highest BCUT2D eigenvalue weighted by atomic mass is 16.5. The smallest absolute Gasteiger partial charge is 0.162 e. The maximum atomic E-state index is 5.70. The van der Waals surface area contributed by atoms with Crippen LogP contribution in [0.1, 0.15) is 12.8 Å². The maximum Gasteiger partial charge on any atom is 0.162 e. The Bertz CT molecular complexity index is 543. The minimum Gasteiger partial charge on any atom is -0.494 e. The second-order valence-corrected chi connectivity index (χ2v) is 4.63. The lowest BCUT2D eigenvalue weighted by atomic mass is 10.3. The summed E-state index contributed by atoms with van der Waals surface area (Å²) in [5.74, 6) is 2.28. The minimum atomic E-state index is 0.623. The van der Waals surface area contributed by atoms with Gasteiger partial charge in [-0.3, -0.25) is 0 Å². The third kappa shape index (κ3) is 4.91. The molecular weight excluding hydrogens is 266 g/mol. The maximum absolute atomic E-state index is 5.70. The first-order valence-electron chi connectivity index (χ1n) is 7.04. The van der Waals surface area contributed by atoms with E-state index in [0.717, 1.165) is 24.3 Å². The fourth-order valence-corrected chi connectivity index (χ4v) is 1.90. The van der Waals surface area contributed by atoms with E-state index in [1.54, 1.807) is 19.2 Å². The van der Waals surface area contributed by atoms with E-state index in [0.29, 0.717) is 24.7 Å². The molecule has 2 N–H and O–H groups in total. The van der Waals surface area contributed by atoms with Gasteiger partial charge in [0, 0.05) is 11.8 Å². The fraction of sp³-hybridized carbons (Fsp3) is 0.294. The minimum absolute atomic E-state index is 0.623. The van der Waals surface area contributed by atoms with Crippen molar-refractivity contribution in [1.29, 1.82) is 0 Å². The number of para-hydroxylation sites is 1. The number of anilines is 1. The zero-order chi connectivity index (χ0) is 14.9. The van der Waals surface area contributed by atoms with E-state index < -0.39 is 0 Å². The Balaban J connectivity index is 1.66. The summed E-state index contributed by atoms with van der Waals surface area (Å²) in [6, 6.07) is 15.2. The molecule has 0 saturated carbocycles. The van der Waals surface area contributed by atoms with Crippen molar-refractivity contribution in [1.82, 2.24) is 0 Å².